The number of fused-ring (bicyclic) bond motifs is 1. The lowest BCUT2D eigenvalue weighted by Gasteiger charge is -2.07. The molecule has 4 aromatic rings. The standard InChI is InChI=1S/C17H16N6OS/c1-3-22-13(8-9-18-22)16(24)20-15-10-11(2)21-23(15)17-19-12-6-4-5-7-14(12)25-17/h4-10H,3H2,1-2H3,(H,20,24). The van der Waals surface area contributed by atoms with Crippen molar-refractivity contribution in [1.82, 2.24) is 24.5 Å². The van der Waals surface area contributed by atoms with E-state index in [0.29, 0.717) is 23.2 Å². The van der Waals surface area contributed by atoms with Gasteiger partial charge in [-0.3, -0.25) is 9.48 Å². The molecule has 25 heavy (non-hydrogen) atoms. The van der Waals surface area contributed by atoms with Gasteiger partial charge in [0.2, 0.25) is 5.13 Å². The molecule has 3 heterocycles. The first kappa shape index (κ1) is 15.5. The number of benzene rings is 1. The van der Waals surface area contributed by atoms with Crippen LogP contribution in [0, 0.1) is 6.92 Å². The van der Waals surface area contributed by atoms with E-state index in [1.807, 2.05) is 44.2 Å². The molecule has 0 unspecified atom stereocenters. The molecule has 8 heteroatoms. The van der Waals surface area contributed by atoms with E-state index >= 15 is 0 Å². The van der Waals surface area contributed by atoms with Crippen LogP contribution in [0.3, 0.4) is 0 Å². The Hall–Kier alpha value is -3.00. The van der Waals surface area contributed by atoms with Crippen LogP contribution in [-0.4, -0.2) is 30.5 Å². The van der Waals surface area contributed by atoms with Gasteiger partial charge in [-0.2, -0.15) is 14.9 Å². The highest BCUT2D eigenvalue weighted by atomic mass is 32.1. The Morgan fingerprint density at radius 3 is 2.92 bits per heavy atom. The number of nitrogens with one attached hydrogen (secondary N) is 1. The maximum Gasteiger partial charge on any atom is 0.275 e. The summed E-state index contributed by atoms with van der Waals surface area (Å²) >= 11 is 1.53. The van der Waals surface area contributed by atoms with Crippen LogP contribution in [0.5, 0.6) is 0 Å². The first-order valence-electron chi connectivity index (χ1n) is 7.91. The highest BCUT2D eigenvalue weighted by Crippen LogP contribution is 2.27. The van der Waals surface area contributed by atoms with Crippen LogP contribution in [0.4, 0.5) is 5.82 Å². The van der Waals surface area contributed by atoms with E-state index in [2.05, 4.69) is 20.5 Å². The van der Waals surface area contributed by atoms with Crippen molar-refractivity contribution in [2.24, 2.45) is 0 Å². The lowest BCUT2D eigenvalue weighted by Crippen LogP contribution is -2.19. The van der Waals surface area contributed by atoms with Crippen LogP contribution >= 0.6 is 11.3 Å². The molecule has 0 aliphatic rings. The minimum Gasteiger partial charge on any atom is -0.305 e. The van der Waals surface area contributed by atoms with E-state index in [4.69, 9.17) is 0 Å². The van der Waals surface area contributed by atoms with Gasteiger partial charge < -0.3 is 5.32 Å². The summed E-state index contributed by atoms with van der Waals surface area (Å²) in [5, 5.41) is 12.3. The van der Waals surface area contributed by atoms with E-state index in [-0.39, 0.29) is 5.91 Å². The highest BCUT2D eigenvalue weighted by molar-refractivity contribution is 7.20. The normalized spacial score (nSPS) is 11.1. The summed E-state index contributed by atoms with van der Waals surface area (Å²) in [7, 11) is 0. The second kappa shape index (κ2) is 6.14. The number of carbonyl (C=O) groups is 1. The molecule has 7 nitrogen and oxygen atoms in total. The van der Waals surface area contributed by atoms with Gasteiger partial charge in [-0.15, -0.1) is 0 Å². The minimum absolute atomic E-state index is 0.221. The highest BCUT2D eigenvalue weighted by Gasteiger charge is 2.17. The number of aromatic nitrogens is 5. The van der Waals surface area contributed by atoms with E-state index in [9.17, 15) is 4.79 Å². The third-order valence-corrected chi connectivity index (χ3v) is 4.80. The molecule has 0 saturated carbocycles. The number of carbonyl (C=O) groups excluding carboxylic acids is 1. The minimum atomic E-state index is -0.221. The summed E-state index contributed by atoms with van der Waals surface area (Å²) in [6.07, 6.45) is 1.62. The number of thiazole rings is 1. The zero-order chi connectivity index (χ0) is 17.4. The molecule has 0 bridgehead atoms. The number of hydrogen-bond acceptors (Lipinski definition) is 5. The number of nitrogens with zero attached hydrogens (tertiary/aromatic N) is 5. The monoisotopic (exact) mass is 352 g/mol. The Kier molecular flexibility index (Phi) is 3.81. The molecule has 3 aromatic heterocycles. The maximum absolute atomic E-state index is 12.6. The number of amides is 1. The summed E-state index contributed by atoms with van der Waals surface area (Å²) in [6.45, 7) is 4.46. The molecular weight excluding hydrogens is 336 g/mol. The average molecular weight is 352 g/mol. The molecule has 4 rings (SSSR count). The molecule has 0 aliphatic carbocycles. The van der Waals surface area contributed by atoms with Crippen molar-refractivity contribution in [3.63, 3.8) is 0 Å². The maximum atomic E-state index is 12.6. The number of hydrogen-bond donors (Lipinski definition) is 1. The molecule has 0 atom stereocenters. The van der Waals surface area contributed by atoms with Crippen molar-refractivity contribution in [2.45, 2.75) is 20.4 Å². The lowest BCUT2D eigenvalue weighted by molar-refractivity contribution is 0.101. The molecule has 0 saturated heterocycles. The molecule has 0 fully saturated rings. The summed E-state index contributed by atoms with van der Waals surface area (Å²) in [5.41, 5.74) is 2.23. The Labute approximate surface area is 147 Å². The predicted molar refractivity (Wildman–Crippen MR) is 97.3 cm³/mol. The topological polar surface area (TPSA) is 77.6 Å². The zero-order valence-corrected chi connectivity index (χ0v) is 14.6. The Bertz CT molecular complexity index is 1030. The first-order chi connectivity index (χ1) is 12.2. The molecule has 1 aromatic carbocycles. The van der Waals surface area contributed by atoms with Gasteiger partial charge in [-0.05, 0) is 32.0 Å². The van der Waals surface area contributed by atoms with Gasteiger partial charge >= 0.3 is 0 Å². The van der Waals surface area contributed by atoms with Crippen molar-refractivity contribution >= 4 is 33.3 Å². The number of rotatable bonds is 4. The summed E-state index contributed by atoms with van der Waals surface area (Å²) in [5.74, 6) is 0.368. The first-order valence-corrected chi connectivity index (χ1v) is 8.73. The van der Waals surface area contributed by atoms with Crippen LogP contribution in [0.1, 0.15) is 23.1 Å². The summed E-state index contributed by atoms with van der Waals surface area (Å²) < 4.78 is 4.40. The largest absolute Gasteiger partial charge is 0.305 e. The summed E-state index contributed by atoms with van der Waals surface area (Å²) in [6, 6.07) is 11.4. The van der Waals surface area contributed by atoms with Gasteiger partial charge in [-0.25, -0.2) is 4.98 Å². The second-order valence-electron chi connectivity index (χ2n) is 5.53. The number of para-hydroxylation sites is 1. The third-order valence-electron chi connectivity index (χ3n) is 3.79. The molecular formula is C17H16N6OS. The van der Waals surface area contributed by atoms with Crippen LogP contribution in [0.15, 0.2) is 42.6 Å². The Morgan fingerprint density at radius 1 is 1.28 bits per heavy atom. The van der Waals surface area contributed by atoms with Crippen LogP contribution in [0.25, 0.3) is 15.3 Å². The number of aryl methyl sites for hydroxylation is 2. The molecule has 126 valence electrons. The fourth-order valence-corrected chi connectivity index (χ4v) is 3.57. The Balaban J connectivity index is 1.70. The van der Waals surface area contributed by atoms with Crippen molar-refractivity contribution in [3.8, 4) is 5.13 Å². The second-order valence-corrected chi connectivity index (χ2v) is 6.54. The average Bonchev–Trinajstić information content (AvgIpc) is 3.31. The molecule has 0 aliphatic heterocycles. The van der Waals surface area contributed by atoms with Gasteiger partial charge in [0.25, 0.3) is 5.91 Å². The predicted octanol–water partition coefficient (Wildman–Crippen LogP) is 3.26. The smallest absolute Gasteiger partial charge is 0.275 e. The molecule has 1 N–H and O–H groups in total. The van der Waals surface area contributed by atoms with Crippen molar-refractivity contribution in [3.05, 3.63) is 54.0 Å². The Morgan fingerprint density at radius 2 is 2.12 bits per heavy atom. The van der Waals surface area contributed by atoms with E-state index in [1.54, 1.807) is 21.6 Å². The fraction of sp³-hybridized carbons (Fsp3) is 0.176. The fourth-order valence-electron chi connectivity index (χ4n) is 2.64. The summed E-state index contributed by atoms with van der Waals surface area (Å²) in [4.78, 5) is 17.2. The van der Waals surface area contributed by atoms with Gasteiger partial charge in [0, 0.05) is 18.8 Å². The van der Waals surface area contributed by atoms with Crippen LogP contribution in [0.2, 0.25) is 0 Å². The van der Waals surface area contributed by atoms with Gasteiger partial charge in [0.15, 0.2) is 0 Å². The van der Waals surface area contributed by atoms with E-state index in [0.717, 1.165) is 15.9 Å². The van der Waals surface area contributed by atoms with Crippen molar-refractivity contribution < 1.29 is 4.79 Å². The van der Waals surface area contributed by atoms with Gasteiger partial charge in [-0.1, -0.05) is 23.5 Å². The van der Waals surface area contributed by atoms with Crippen molar-refractivity contribution in [1.29, 1.82) is 0 Å². The molecule has 0 radical (unpaired) electrons. The third kappa shape index (κ3) is 2.80. The number of anilines is 1. The van der Waals surface area contributed by atoms with Gasteiger partial charge in [0.05, 0.1) is 15.9 Å². The van der Waals surface area contributed by atoms with Crippen LogP contribution in [-0.2, 0) is 6.54 Å². The van der Waals surface area contributed by atoms with Crippen LogP contribution < -0.4 is 5.32 Å². The van der Waals surface area contributed by atoms with E-state index < -0.39 is 0 Å². The van der Waals surface area contributed by atoms with Gasteiger partial charge in [0.1, 0.15) is 11.5 Å². The zero-order valence-electron chi connectivity index (χ0n) is 13.8. The van der Waals surface area contributed by atoms with Crippen molar-refractivity contribution in [2.75, 3.05) is 5.32 Å². The molecule has 1 amide bonds. The molecule has 0 spiro atoms. The quantitative estimate of drug-likeness (QED) is 0.611. The SMILES string of the molecule is CCn1nccc1C(=O)Nc1cc(C)nn1-c1nc2ccccc2s1. The van der Waals surface area contributed by atoms with E-state index in [1.165, 1.54) is 11.3 Å². The lowest BCUT2D eigenvalue weighted by atomic mass is 10.3.